The molecule has 0 bridgehead atoms. The van der Waals surface area contributed by atoms with Gasteiger partial charge in [-0.3, -0.25) is 4.79 Å². The Bertz CT molecular complexity index is 432. The average molecular weight is 312 g/mol. The largest absolute Gasteiger partial charge is 0.345 e. The van der Waals surface area contributed by atoms with Gasteiger partial charge in [0, 0.05) is 30.9 Å². The molecule has 1 aromatic rings. The summed E-state index contributed by atoms with van der Waals surface area (Å²) in [7, 11) is 1.78. The van der Waals surface area contributed by atoms with E-state index in [0.29, 0.717) is 19.4 Å². The van der Waals surface area contributed by atoms with E-state index in [1.165, 1.54) is 12.5 Å². The van der Waals surface area contributed by atoms with Gasteiger partial charge in [0.05, 0.1) is 0 Å². The molecule has 0 aliphatic carbocycles. The zero-order valence-corrected chi connectivity index (χ0v) is 12.4. The fourth-order valence-corrected chi connectivity index (χ4v) is 2.07. The van der Waals surface area contributed by atoms with Crippen molar-refractivity contribution in [2.75, 3.05) is 13.6 Å². The molecule has 0 atom stereocenters. The summed E-state index contributed by atoms with van der Waals surface area (Å²) in [5, 5.41) is 0. The minimum Gasteiger partial charge on any atom is -0.345 e. The van der Waals surface area contributed by atoms with Gasteiger partial charge in [-0.15, -0.1) is 0 Å². The summed E-state index contributed by atoms with van der Waals surface area (Å²) in [5.74, 6) is 0.0832. The van der Waals surface area contributed by atoms with Gasteiger partial charge in [0.1, 0.15) is 5.78 Å². The van der Waals surface area contributed by atoms with Crippen LogP contribution < -0.4 is 0 Å². The molecule has 0 fully saturated rings. The summed E-state index contributed by atoms with van der Waals surface area (Å²) in [6.45, 7) is 2.17. The van der Waals surface area contributed by atoms with Crippen molar-refractivity contribution in [3.8, 4) is 0 Å². The van der Waals surface area contributed by atoms with Crippen LogP contribution in [-0.4, -0.2) is 30.2 Å². The Hall–Kier alpha value is -1.16. The first kappa shape index (κ1) is 14.9. The van der Waals surface area contributed by atoms with Crippen molar-refractivity contribution in [3.05, 3.63) is 34.3 Å². The number of amides is 1. The predicted octanol–water partition coefficient (Wildman–Crippen LogP) is 2.82. The van der Waals surface area contributed by atoms with E-state index in [1.54, 1.807) is 11.9 Å². The van der Waals surface area contributed by atoms with Gasteiger partial charge >= 0.3 is 0 Å². The smallest absolute Gasteiger partial charge is 0.222 e. The second kappa shape index (κ2) is 7.31. The number of carbonyl (C=O) groups excluding carboxylic acids is 2. The minimum atomic E-state index is 0.0252. The lowest BCUT2D eigenvalue weighted by Crippen LogP contribution is -2.29. The molecule has 0 heterocycles. The van der Waals surface area contributed by atoms with Crippen LogP contribution in [-0.2, 0) is 16.0 Å². The van der Waals surface area contributed by atoms with Gasteiger partial charge in [0.25, 0.3) is 0 Å². The number of Topliss-reactive ketones (excluding diaryl/α,β-unsaturated/α-hetero) is 1. The predicted molar refractivity (Wildman–Crippen MR) is 75.4 cm³/mol. The molecule has 0 saturated heterocycles. The van der Waals surface area contributed by atoms with E-state index in [1.807, 2.05) is 24.3 Å². The number of rotatable bonds is 6. The van der Waals surface area contributed by atoms with E-state index in [9.17, 15) is 9.59 Å². The average Bonchev–Trinajstić information content (AvgIpc) is 2.34. The Labute approximate surface area is 116 Å². The zero-order chi connectivity index (χ0) is 13.5. The lowest BCUT2D eigenvalue weighted by molar-refractivity contribution is -0.131. The van der Waals surface area contributed by atoms with E-state index < -0.39 is 0 Å². The number of likely N-dealkylation sites (N-methyl/N-ethyl adjacent to an activating group) is 1. The normalized spacial score (nSPS) is 10.2. The number of ketones is 1. The molecule has 0 aliphatic heterocycles. The van der Waals surface area contributed by atoms with E-state index in [-0.39, 0.29) is 11.7 Å². The maximum Gasteiger partial charge on any atom is 0.222 e. The number of hydrogen-bond donors (Lipinski definition) is 0. The maximum absolute atomic E-state index is 11.7. The number of halogens is 1. The highest BCUT2D eigenvalue weighted by Crippen LogP contribution is 2.16. The highest BCUT2D eigenvalue weighted by molar-refractivity contribution is 9.10. The summed E-state index contributed by atoms with van der Waals surface area (Å²) in [6.07, 6.45) is 1.45. The summed E-state index contributed by atoms with van der Waals surface area (Å²) in [6, 6.07) is 7.98. The first-order valence-electron chi connectivity index (χ1n) is 5.97. The van der Waals surface area contributed by atoms with Gasteiger partial charge in [-0.05, 0) is 25.0 Å². The molecule has 1 aromatic carbocycles. The summed E-state index contributed by atoms with van der Waals surface area (Å²) >= 11 is 3.49. The topological polar surface area (TPSA) is 37.4 Å². The number of hydrogen-bond acceptors (Lipinski definition) is 2. The highest BCUT2D eigenvalue weighted by Gasteiger charge is 2.10. The fraction of sp³-hybridized carbons (Fsp3) is 0.429. The molecule has 4 heteroatoms. The van der Waals surface area contributed by atoms with E-state index in [0.717, 1.165) is 10.9 Å². The van der Waals surface area contributed by atoms with Crippen LogP contribution in [0.4, 0.5) is 0 Å². The first-order chi connectivity index (χ1) is 8.50. The monoisotopic (exact) mass is 311 g/mol. The molecule has 0 aromatic heterocycles. The van der Waals surface area contributed by atoms with Crippen LogP contribution >= 0.6 is 15.9 Å². The van der Waals surface area contributed by atoms with Gasteiger partial charge in [-0.2, -0.15) is 0 Å². The molecule has 0 unspecified atom stereocenters. The van der Waals surface area contributed by atoms with Crippen LogP contribution in [0.25, 0.3) is 0 Å². The minimum absolute atomic E-state index is 0.0252. The van der Waals surface area contributed by atoms with Gasteiger partial charge < -0.3 is 9.69 Å². The SMILES string of the molecule is CC(=O)CCC(=O)N(C)CCc1ccccc1Br. The van der Waals surface area contributed by atoms with Gasteiger partial charge in [-0.25, -0.2) is 0 Å². The Morgan fingerprint density at radius 1 is 1.22 bits per heavy atom. The van der Waals surface area contributed by atoms with Crippen molar-refractivity contribution in [1.29, 1.82) is 0 Å². The third-order valence-corrected chi connectivity index (χ3v) is 3.56. The molecular formula is C14H18BrNO2. The third-order valence-electron chi connectivity index (χ3n) is 2.79. The molecule has 0 saturated carbocycles. The van der Waals surface area contributed by atoms with Crippen LogP contribution in [0.2, 0.25) is 0 Å². The van der Waals surface area contributed by atoms with Crippen LogP contribution in [0.5, 0.6) is 0 Å². The van der Waals surface area contributed by atoms with Gasteiger partial charge in [0.15, 0.2) is 0 Å². The van der Waals surface area contributed by atoms with Crippen molar-refractivity contribution < 1.29 is 9.59 Å². The van der Waals surface area contributed by atoms with Gasteiger partial charge in [0.2, 0.25) is 5.91 Å². The van der Waals surface area contributed by atoms with E-state index in [4.69, 9.17) is 0 Å². The summed E-state index contributed by atoms with van der Waals surface area (Å²) < 4.78 is 1.06. The Morgan fingerprint density at radius 3 is 2.50 bits per heavy atom. The fourth-order valence-electron chi connectivity index (χ4n) is 1.59. The lowest BCUT2D eigenvalue weighted by atomic mass is 10.1. The molecule has 0 radical (unpaired) electrons. The molecular weight excluding hydrogens is 294 g/mol. The van der Waals surface area contributed by atoms with Crippen LogP contribution in [0, 0.1) is 0 Å². The first-order valence-corrected chi connectivity index (χ1v) is 6.77. The van der Waals surface area contributed by atoms with Crippen molar-refractivity contribution in [1.82, 2.24) is 4.90 Å². The van der Waals surface area contributed by atoms with Crippen LogP contribution in [0.15, 0.2) is 28.7 Å². The van der Waals surface area contributed by atoms with Crippen molar-refractivity contribution in [2.45, 2.75) is 26.2 Å². The number of carbonyl (C=O) groups is 2. The van der Waals surface area contributed by atoms with E-state index in [2.05, 4.69) is 15.9 Å². The second-order valence-electron chi connectivity index (χ2n) is 4.36. The van der Waals surface area contributed by atoms with Crippen molar-refractivity contribution in [2.24, 2.45) is 0 Å². The molecule has 0 spiro atoms. The van der Waals surface area contributed by atoms with Crippen LogP contribution in [0.1, 0.15) is 25.3 Å². The maximum atomic E-state index is 11.7. The molecule has 98 valence electrons. The molecule has 18 heavy (non-hydrogen) atoms. The lowest BCUT2D eigenvalue weighted by Gasteiger charge is -2.17. The summed E-state index contributed by atoms with van der Waals surface area (Å²) in [4.78, 5) is 24.2. The molecule has 0 N–H and O–H groups in total. The molecule has 1 rings (SSSR count). The third kappa shape index (κ3) is 5.00. The number of nitrogens with zero attached hydrogens (tertiary/aromatic N) is 1. The molecule has 1 amide bonds. The quantitative estimate of drug-likeness (QED) is 0.810. The number of benzene rings is 1. The van der Waals surface area contributed by atoms with Crippen LogP contribution in [0.3, 0.4) is 0 Å². The highest BCUT2D eigenvalue weighted by atomic mass is 79.9. The van der Waals surface area contributed by atoms with E-state index >= 15 is 0 Å². The van der Waals surface area contributed by atoms with Gasteiger partial charge in [-0.1, -0.05) is 34.1 Å². The second-order valence-corrected chi connectivity index (χ2v) is 5.21. The molecule has 0 aliphatic rings. The molecule has 3 nitrogen and oxygen atoms in total. The Morgan fingerprint density at radius 2 is 1.89 bits per heavy atom. The van der Waals surface area contributed by atoms with Crippen molar-refractivity contribution >= 4 is 27.6 Å². The Balaban J connectivity index is 2.41. The standard InChI is InChI=1S/C14H18BrNO2/c1-11(17)7-8-14(18)16(2)10-9-12-5-3-4-6-13(12)15/h3-6H,7-10H2,1-2H3. The summed E-state index contributed by atoms with van der Waals surface area (Å²) in [5.41, 5.74) is 1.18. The zero-order valence-electron chi connectivity index (χ0n) is 10.8. The Kier molecular flexibility index (Phi) is 6.05. The van der Waals surface area contributed by atoms with Crippen molar-refractivity contribution in [3.63, 3.8) is 0 Å².